The molecule has 0 spiro atoms. The van der Waals surface area contributed by atoms with Gasteiger partial charge in [0.05, 0.1) is 18.2 Å². The lowest BCUT2D eigenvalue weighted by Gasteiger charge is -2.32. The summed E-state index contributed by atoms with van der Waals surface area (Å²) in [7, 11) is 0. The molecule has 4 rings (SSSR count). The van der Waals surface area contributed by atoms with E-state index in [1.165, 1.54) is 30.5 Å². The molecule has 4 heterocycles. The second-order valence-electron chi connectivity index (χ2n) is 8.48. The quantitative estimate of drug-likeness (QED) is 0.813. The molecule has 2 aliphatic rings. The molecular weight excluding hydrogens is 338 g/mol. The van der Waals surface area contributed by atoms with Gasteiger partial charge in [0.1, 0.15) is 0 Å². The Morgan fingerprint density at radius 1 is 1.19 bits per heavy atom. The van der Waals surface area contributed by atoms with Crippen molar-refractivity contribution < 1.29 is 0 Å². The molecule has 1 fully saturated rings. The number of aromatic nitrogens is 4. The summed E-state index contributed by atoms with van der Waals surface area (Å²) < 4.78 is 3.99. The molecule has 0 N–H and O–H groups in total. The van der Waals surface area contributed by atoms with Crippen LogP contribution < -0.4 is 5.56 Å². The van der Waals surface area contributed by atoms with Crippen LogP contribution in [0.4, 0.5) is 0 Å². The summed E-state index contributed by atoms with van der Waals surface area (Å²) in [5.74, 6) is 0.858. The Balaban J connectivity index is 1.32. The Labute approximate surface area is 161 Å². The van der Waals surface area contributed by atoms with Gasteiger partial charge in [0.15, 0.2) is 0 Å². The maximum absolute atomic E-state index is 12.3. The molecule has 2 aromatic rings. The van der Waals surface area contributed by atoms with Gasteiger partial charge in [-0.2, -0.15) is 5.10 Å². The Morgan fingerprint density at radius 2 is 2.00 bits per heavy atom. The number of aryl methyl sites for hydroxylation is 1. The van der Waals surface area contributed by atoms with E-state index in [0.29, 0.717) is 11.8 Å². The van der Waals surface area contributed by atoms with Crippen molar-refractivity contribution in [2.45, 2.75) is 71.5 Å². The summed E-state index contributed by atoms with van der Waals surface area (Å²) in [6.07, 6.45) is 9.82. The van der Waals surface area contributed by atoms with E-state index in [9.17, 15) is 4.79 Å². The largest absolute Gasteiger partial charge is 0.299 e. The minimum atomic E-state index is 0.0858. The van der Waals surface area contributed by atoms with E-state index >= 15 is 0 Å². The van der Waals surface area contributed by atoms with Crippen molar-refractivity contribution >= 4 is 0 Å². The fraction of sp³-hybridized carbons (Fsp3) is 0.667. The molecule has 0 aromatic carbocycles. The van der Waals surface area contributed by atoms with Gasteiger partial charge in [-0.05, 0) is 57.0 Å². The Bertz CT molecular complexity index is 829. The molecule has 6 nitrogen and oxygen atoms in total. The second kappa shape index (κ2) is 7.97. The highest BCUT2D eigenvalue weighted by Gasteiger charge is 2.22. The van der Waals surface area contributed by atoms with Crippen LogP contribution in [0.25, 0.3) is 0 Å². The van der Waals surface area contributed by atoms with Crippen molar-refractivity contribution in [1.29, 1.82) is 0 Å². The molecule has 0 aliphatic carbocycles. The lowest BCUT2D eigenvalue weighted by atomic mass is 9.96. The zero-order valence-corrected chi connectivity index (χ0v) is 16.6. The van der Waals surface area contributed by atoms with Crippen molar-refractivity contribution in [3.05, 3.63) is 45.9 Å². The maximum atomic E-state index is 12.3. The highest BCUT2D eigenvalue weighted by molar-refractivity contribution is 5.19. The minimum absolute atomic E-state index is 0.0858. The van der Waals surface area contributed by atoms with Crippen molar-refractivity contribution in [2.75, 3.05) is 13.1 Å². The molecule has 0 unspecified atom stereocenters. The first-order valence-corrected chi connectivity index (χ1v) is 10.4. The first-order chi connectivity index (χ1) is 13.1. The number of nitrogens with zero attached hydrogens (tertiary/aromatic N) is 5. The lowest BCUT2D eigenvalue weighted by Crippen LogP contribution is -2.36. The third kappa shape index (κ3) is 4.15. The van der Waals surface area contributed by atoms with E-state index in [1.807, 2.05) is 0 Å². The van der Waals surface area contributed by atoms with Gasteiger partial charge in [-0.15, -0.1) is 0 Å². The molecule has 2 aromatic heterocycles. The van der Waals surface area contributed by atoms with Gasteiger partial charge in [-0.3, -0.25) is 18.9 Å². The summed E-state index contributed by atoms with van der Waals surface area (Å²) >= 11 is 0. The summed E-state index contributed by atoms with van der Waals surface area (Å²) in [4.78, 5) is 19.3. The van der Waals surface area contributed by atoms with E-state index in [-0.39, 0.29) is 5.56 Å². The Morgan fingerprint density at radius 3 is 2.74 bits per heavy atom. The number of likely N-dealkylation sites (tertiary alicyclic amines) is 1. The SMILES string of the molecule is CC(C)c1cc(=O)n(CC2CCN(Cc3cnn4c3CCCC4)CC2)cn1. The number of fused-ring (bicyclic) bond motifs is 1. The second-order valence-corrected chi connectivity index (χ2v) is 8.48. The Hall–Kier alpha value is -1.95. The lowest BCUT2D eigenvalue weighted by molar-refractivity contribution is 0.165. The number of hydrogen-bond acceptors (Lipinski definition) is 4. The van der Waals surface area contributed by atoms with Crippen LogP contribution in [-0.4, -0.2) is 37.3 Å². The molecule has 0 bridgehead atoms. The molecule has 146 valence electrons. The van der Waals surface area contributed by atoms with Crippen LogP contribution in [0, 0.1) is 5.92 Å². The standard InChI is InChI=1S/C21H31N5O/c1-16(2)19-11-21(27)25(15-22-19)13-17-6-9-24(10-7-17)14-18-12-23-26-8-4-3-5-20(18)26/h11-12,15-17H,3-10,13-14H2,1-2H3. The Kier molecular flexibility index (Phi) is 5.43. The van der Waals surface area contributed by atoms with Crippen LogP contribution in [0.2, 0.25) is 0 Å². The third-order valence-electron chi connectivity index (χ3n) is 6.12. The summed E-state index contributed by atoms with van der Waals surface area (Å²) in [5.41, 5.74) is 3.84. The van der Waals surface area contributed by atoms with E-state index in [4.69, 9.17) is 0 Å². The number of rotatable bonds is 5. The topological polar surface area (TPSA) is 56.0 Å². The fourth-order valence-electron chi connectivity index (χ4n) is 4.36. The highest BCUT2D eigenvalue weighted by atomic mass is 16.1. The van der Waals surface area contributed by atoms with Gasteiger partial charge in [0, 0.05) is 37.0 Å². The predicted molar refractivity (Wildman–Crippen MR) is 106 cm³/mol. The van der Waals surface area contributed by atoms with Crippen molar-refractivity contribution in [3.8, 4) is 0 Å². The fourth-order valence-corrected chi connectivity index (χ4v) is 4.36. The summed E-state index contributed by atoms with van der Waals surface area (Å²) in [6.45, 7) is 9.23. The van der Waals surface area contributed by atoms with Crippen LogP contribution in [0.15, 0.2) is 23.4 Å². The third-order valence-corrected chi connectivity index (χ3v) is 6.12. The zero-order chi connectivity index (χ0) is 18.8. The van der Waals surface area contributed by atoms with E-state index in [0.717, 1.165) is 51.3 Å². The van der Waals surface area contributed by atoms with Crippen molar-refractivity contribution in [2.24, 2.45) is 5.92 Å². The first-order valence-electron chi connectivity index (χ1n) is 10.4. The molecule has 6 heteroatoms. The molecule has 0 atom stereocenters. The molecule has 2 aliphatic heterocycles. The van der Waals surface area contributed by atoms with E-state index in [2.05, 4.69) is 39.7 Å². The molecule has 0 amide bonds. The van der Waals surface area contributed by atoms with Gasteiger partial charge in [-0.25, -0.2) is 4.98 Å². The van der Waals surface area contributed by atoms with Crippen LogP contribution in [0.3, 0.4) is 0 Å². The zero-order valence-electron chi connectivity index (χ0n) is 16.6. The molecule has 1 saturated heterocycles. The van der Waals surface area contributed by atoms with Crippen molar-refractivity contribution in [1.82, 2.24) is 24.2 Å². The van der Waals surface area contributed by atoms with Crippen LogP contribution in [-0.2, 0) is 26.1 Å². The summed E-state index contributed by atoms with van der Waals surface area (Å²) in [6, 6.07) is 1.70. The van der Waals surface area contributed by atoms with Crippen LogP contribution in [0.1, 0.15) is 62.4 Å². The van der Waals surface area contributed by atoms with E-state index in [1.54, 1.807) is 17.0 Å². The molecule has 0 radical (unpaired) electrons. The van der Waals surface area contributed by atoms with Gasteiger partial charge in [0.25, 0.3) is 5.56 Å². The maximum Gasteiger partial charge on any atom is 0.253 e. The smallest absolute Gasteiger partial charge is 0.253 e. The average molecular weight is 370 g/mol. The van der Waals surface area contributed by atoms with Crippen LogP contribution >= 0.6 is 0 Å². The first kappa shape index (κ1) is 18.4. The summed E-state index contributed by atoms with van der Waals surface area (Å²) in [5, 5.41) is 4.57. The molecule has 27 heavy (non-hydrogen) atoms. The van der Waals surface area contributed by atoms with Gasteiger partial charge >= 0.3 is 0 Å². The molecular formula is C21H31N5O. The van der Waals surface area contributed by atoms with Crippen LogP contribution in [0.5, 0.6) is 0 Å². The van der Waals surface area contributed by atoms with Gasteiger partial charge in [0.2, 0.25) is 0 Å². The molecule has 0 saturated carbocycles. The predicted octanol–water partition coefficient (Wildman–Crippen LogP) is 2.81. The average Bonchev–Trinajstić information content (AvgIpc) is 3.08. The monoisotopic (exact) mass is 369 g/mol. The normalized spacial score (nSPS) is 18.8. The number of hydrogen-bond donors (Lipinski definition) is 0. The highest BCUT2D eigenvalue weighted by Crippen LogP contribution is 2.23. The minimum Gasteiger partial charge on any atom is -0.299 e. The van der Waals surface area contributed by atoms with Gasteiger partial charge < -0.3 is 0 Å². The van der Waals surface area contributed by atoms with Crippen molar-refractivity contribution in [3.63, 3.8) is 0 Å². The van der Waals surface area contributed by atoms with Gasteiger partial charge in [-0.1, -0.05) is 13.8 Å². The van der Waals surface area contributed by atoms with E-state index < -0.39 is 0 Å². The number of piperidine rings is 1.